The summed E-state index contributed by atoms with van der Waals surface area (Å²) in [6.45, 7) is 4.69. The Morgan fingerprint density at radius 3 is 1.87 bits per heavy atom. The Hall–Kier alpha value is -6.78. The van der Waals surface area contributed by atoms with E-state index >= 15 is 0 Å². The fourth-order valence-electron chi connectivity index (χ4n) is 8.56. The molecule has 0 bridgehead atoms. The second-order valence-electron chi connectivity index (χ2n) is 14.6. The van der Waals surface area contributed by atoms with Crippen molar-refractivity contribution < 1.29 is 4.42 Å². The van der Waals surface area contributed by atoms with Gasteiger partial charge in [0.2, 0.25) is 0 Å². The van der Waals surface area contributed by atoms with E-state index < -0.39 is 0 Å². The van der Waals surface area contributed by atoms with E-state index in [-0.39, 0.29) is 5.41 Å². The number of hydrogen-bond donors (Lipinski definition) is 0. The van der Waals surface area contributed by atoms with Crippen molar-refractivity contribution in [2.75, 3.05) is 0 Å². The van der Waals surface area contributed by atoms with Crippen molar-refractivity contribution in [1.82, 2.24) is 14.5 Å². The maximum absolute atomic E-state index is 6.37. The van der Waals surface area contributed by atoms with E-state index in [4.69, 9.17) is 14.4 Å². The highest BCUT2D eigenvalue weighted by atomic mass is 16.3. The average molecular weight is 680 g/mol. The van der Waals surface area contributed by atoms with E-state index in [2.05, 4.69) is 152 Å². The predicted octanol–water partition coefficient (Wildman–Crippen LogP) is 12.8. The molecule has 11 rings (SSSR count). The quantitative estimate of drug-likeness (QED) is 0.186. The van der Waals surface area contributed by atoms with Crippen molar-refractivity contribution in [3.63, 3.8) is 0 Å². The van der Waals surface area contributed by atoms with Gasteiger partial charge in [-0.15, -0.1) is 0 Å². The van der Waals surface area contributed by atoms with E-state index in [1.165, 1.54) is 44.1 Å². The molecule has 4 nitrogen and oxygen atoms in total. The first-order chi connectivity index (χ1) is 26.0. The number of hydrogen-bond acceptors (Lipinski definition) is 3. The van der Waals surface area contributed by atoms with Crippen LogP contribution in [-0.4, -0.2) is 14.5 Å². The number of rotatable bonds is 4. The first-order valence-corrected chi connectivity index (χ1v) is 18.2. The minimum atomic E-state index is -0.211. The summed E-state index contributed by atoms with van der Waals surface area (Å²) in [5, 5.41) is 4.80. The van der Waals surface area contributed by atoms with Crippen molar-refractivity contribution in [2.24, 2.45) is 0 Å². The number of aromatic nitrogens is 3. The van der Waals surface area contributed by atoms with Crippen LogP contribution in [0, 0.1) is 0 Å². The van der Waals surface area contributed by atoms with E-state index in [1.807, 2.05) is 30.3 Å². The maximum Gasteiger partial charge on any atom is 0.160 e. The summed E-state index contributed by atoms with van der Waals surface area (Å²) in [4.78, 5) is 10.2. The summed E-state index contributed by atoms with van der Waals surface area (Å²) in [5.41, 5.74) is 15.2. The third-order valence-electron chi connectivity index (χ3n) is 11.2. The second-order valence-corrected chi connectivity index (χ2v) is 14.6. The normalized spacial score (nSPS) is 13.2. The molecule has 7 aromatic carbocycles. The molecule has 0 saturated carbocycles. The van der Waals surface area contributed by atoms with Gasteiger partial charge in [-0.3, -0.25) is 0 Å². The molecule has 0 amide bonds. The van der Waals surface area contributed by atoms with Gasteiger partial charge in [0, 0.05) is 49.3 Å². The Morgan fingerprint density at radius 2 is 1.08 bits per heavy atom. The highest BCUT2D eigenvalue weighted by Gasteiger charge is 2.37. The lowest BCUT2D eigenvalue weighted by Crippen LogP contribution is -2.15. The Labute approximate surface area is 306 Å². The molecule has 0 unspecified atom stereocenters. The lowest BCUT2D eigenvalue weighted by molar-refractivity contribution is 0.647. The molecule has 53 heavy (non-hydrogen) atoms. The van der Waals surface area contributed by atoms with Gasteiger partial charge in [-0.25, -0.2) is 9.97 Å². The molecule has 0 radical (unpaired) electrons. The number of benzene rings is 7. The van der Waals surface area contributed by atoms with Gasteiger partial charge in [0.25, 0.3) is 0 Å². The summed E-state index contributed by atoms with van der Waals surface area (Å²) < 4.78 is 8.79. The first-order valence-electron chi connectivity index (χ1n) is 18.2. The Morgan fingerprint density at radius 1 is 0.453 bits per heavy atom. The van der Waals surface area contributed by atoms with Crippen LogP contribution in [0.2, 0.25) is 0 Å². The lowest BCUT2D eigenvalue weighted by atomic mass is 9.82. The van der Waals surface area contributed by atoms with Gasteiger partial charge in [0.1, 0.15) is 11.2 Å². The molecular weight excluding hydrogens is 647 g/mol. The van der Waals surface area contributed by atoms with Crippen LogP contribution in [0.4, 0.5) is 0 Å². The molecule has 0 atom stereocenters. The van der Waals surface area contributed by atoms with Gasteiger partial charge in [0.15, 0.2) is 5.82 Å². The van der Waals surface area contributed by atoms with E-state index in [1.54, 1.807) is 0 Å². The topological polar surface area (TPSA) is 43.9 Å². The van der Waals surface area contributed by atoms with Crippen LogP contribution in [0.3, 0.4) is 0 Å². The first kappa shape index (κ1) is 29.9. The van der Waals surface area contributed by atoms with Crippen LogP contribution in [0.25, 0.3) is 94.5 Å². The van der Waals surface area contributed by atoms with Crippen LogP contribution < -0.4 is 0 Å². The van der Waals surface area contributed by atoms with E-state index in [0.29, 0.717) is 5.82 Å². The molecule has 1 aliphatic carbocycles. The predicted molar refractivity (Wildman–Crippen MR) is 218 cm³/mol. The number of para-hydroxylation sites is 2. The molecule has 3 aromatic heterocycles. The lowest BCUT2D eigenvalue weighted by Gasteiger charge is -2.21. The van der Waals surface area contributed by atoms with Gasteiger partial charge in [-0.05, 0) is 76.9 Å². The van der Waals surface area contributed by atoms with Gasteiger partial charge in [0.05, 0.1) is 22.4 Å². The SMILES string of the molecule is CC1(C)c2cc3oc4ccccc4c3cc2-c2cc3c4ccccc4n(-c4cccc(-c5cc(-c6ccccc6)nc(-c6ccccc6)n5)c4)c3cc21. The Balaban J connectivity index is 1.11. The van der Waals surface area contributed by atoms with E-state index in [0.717, 1.165) is 55.7 Å². The maximum atomic E-state index is 6.37. The average Bonchev–Trinajstić information content (AvgIpc) is 3.82. The summed E-state index contributed by atoms with van der Waals surface area (Å²) in [6, 6.07) is 58.1. The molecule has 4 heteroatoms. The third kappa shape index (κ3) is 4.49. The highest BCUT2D eigenvalue weighted by Crippen LogP contribution is 2.53. The molecule has 250 valence electrons. The van der Waals surface area contributed by atoms with Crippen LogP contribution in [-0.2, 0) is 5.41 Å². The summed E-state index contributed by atoms with van der Waals surface area (Å²) in [5.74, 6) is 0.710. The standard InChI is InChI=1S/C49H33N3O/c1-49(2)40-27-45-38(25-36(40)37-26-39-35-21-10-12-23-46(35)53-47(39)28-41(37)49)34-20-9-11-22-44(34)52(45)33-19-13-18-32(24-33)43-29-42(30-14-5-3-6-15-30)50-48(51-43)31-16-7-4-8-17-31/h3-29H,1-2H3. The molecule has 3 heterocycles. The van der Waals surface area contributed by atoms with Crippen molar-refractivity contribution in [3.8, 4) is 50.7 Å². The third-order valence-corrected chi connectivity index (χ3v) is 11.2. The highest BCUT2D eigenvalue weighted by molar-refractivity contribution is 6.13. The fraction of sp³-hybridized carbons (Fsp3) is 0.0612. The van der Waals surface area contributed by atoms with Crippen LogP contribution in [0.15, 0.2) is 168 Å². The molecule has 0 saturated heterocycles. The van der Waals surface area contributed by atoms with Crippen LogP contribution in [0.5, 0.6) is 0 Å². The smallest absolute Gasteiger partial charge is 0.160 e. The van der Waals surface area contributed by atoms with Crippen molar-refractivity contribution in [3.05, 3.63) is 175 Å². The zero-order valence-electron chi connectivity index (χ0n) is 29.3. The number of furan rings is 1. The van der Waals surface area contributed by atoms with Crippen molar-refractivity contribution >= 4 is 43.7 Å². The van der Waals surface area contributed by atoms with Gasteiger partial charge in [-0.2, -0.15) is 0 Å². The molecule has 0 spiro atoms. The summed E-state index contributed by atoms with van der Waals surface area (Å²) in [6.07, 6.45) is 0. The second kappa shape index (κ2) is 11.1. The van der Waals surface area contributed by atoms with Gasteiger partial charge in [-0.1, -0.05) is 123 Å². The molecule has 1 aliphatic rings. The van der Waals surface area contributed by atoms with Crippen LogP contribution in [0.1, 0.15) is 25.0 Å². The number of fused-ring (bicyclic) bond motifs is 9. The monoisotopic (exact) mass is 679 g/mol. The molecular formula is C49H33N3O. The molecule has 0 aliphatic heterocycles. The minimum Gasteiger partial charge on any atom is -0.456 e. The minimum absolute atomic E-state index is 0.211. The Kier molecular flexibility index (Phi) is 6.27. The zero-order valence-corrected chi connectivity index (χ0v) is 29.3. The molecule has 0 N–H and O–H groups in total. The van der Waals surface area contributed by atoms with E-state index in [9.17, 15) is 0 Å². The Bertz CT molecular complexity index is 3020. The van der Waals surface area contributed by atoms with Crippen LogP contribution >= 0.6 is 0 Å². The number of nitrogens with zero attached hydrogens (tertiary/aromatic N) is 3. The largest absolute Gasteiger partial charge is 0.456 e. The molecule has 0 fully saturated rings. The zero-order chi connectivity index (χ0) is 35.3. The van der Waals surface area contributed by atoms with Crippen molar-refractivity contribution in [1.29, 1.82) is 0 Å². The fourth-order valence-corrected chi connectivity index (χ4v) is 8.56. The molecule has 10 aromatic rings. The summed E-state index contributed by atoms with van der Waals surface area (Å²) in [7, 11) is 0. The van der Waals surface area contributed by atoms with Gasteiger partial charge < -0.3 is 8.98 Å². The summed E-state index contributed by atoms with van der Waals surface area (Å²) >= 11 is 0. The van der Waals surface area contributed by atoms with Gasteiger partial charge >= 0.3 is 0 Å². The van der Waals surface area contributed by atoms with Crippen molar-refractivity contribution in [2.45, 2.75) is 19.3 Å².